The van der Waals surface area contributed by atoms with E-state index in [0.717, 1.165) is 6.54 Å². The highest BCUT2D eigenvalue weighted by atomic mass is 15.3. The molecule has 2 N–H and O–H groups in total. The molecule has 0 aromatic heterocycles. The molecule has 19 heavy (non-hydrogen) atoms. The summed E-state index contributed by atoms with van der Waals surface area (Å²) in [7, 11) is 4.31. The molecule has 0 aromatic carbocycles. The average molecular weight is 270 g/mol. The Kier molecular flexibility index (Phi) is 9.43. The van der Waals surface area contributed by atoms with E-state index in [2.05, 4.69) is 28.8 Å². The third-order valence-corrected chi connectivity index (χ3v) is 4.01. The van der Waals surface area contributed by atoms with Crippen molar-refractivity contribution in [1.82, 2.24) is 14.7 Å². The third kappa shape index (κ3) is 8.58. The lowest BCUT2D eigenvalue weighted by atomic mass is 10.1. The van der Waals surface area contributed by atoms with Gasteiger partial charge in [0.1, 0.15) is 0 Å². The smallest absolute Gasteiger partial charge is 0.0110 e. The summed E-state index contributed by atoms with van der Waals surface area (Å²) >= 11 is 0. The van der Waals surface area contributed by atoms with Gasteiger partial charge in [-0.2, -0.15) is 0 Å². The topological polar surface area (TPSA) is 35.7 Å². The molecule has 4 heteroatoms. The first-order valence-corrected chi connectivity index (χ1v) is 8.02. The Labute approximate surface area is 119 Å². The van der Waals surface area contributed by atoms with Crippen LogP contribution >= 0.6 is 0 Å². The fourth-order valence-electron chi connectivity index (χ4n) is 2.59. The number of nitrogens with two attached hydrogens (primary N) is 1. The van der Waals surface area contributed by atoms with Crippen molar-refractivity contribution < 1.29 is 0 Å². The van der Waals surface area contributed by atoms with Crippen molar-refractivity contribution in [3.63, 3.8) is 0 Å². The molecule has 1 saturated heterocycles. The number of nitrogens with zero attached hydrogens (tertiary/aromatic N) is 3. The summed E-state index contributed by atoms with van der Waals surface area (Å²) in [5, 5.41) is 0. The highest BCUT2D eigenvalue weighted by Crippen LogP contribution is 2.06. The SMILES string of the molecule is CN(C)CCN1CCN(CCCCCCCN)CC1. The summed E-state index contributed by atoms with van der Waals surface area (Å²) in [4.78, 5) is 7.50. The van der Waals surface area contributed by atoms with E-state index in [-0.39, 0.29) is 0 Å². The summed E-state index contributed by atoms with van der Waals surface area (Å²) < 4.78 is 0. The molecule has 0 radical (unpaired) electrons. The van der Waals surface area contributed by atoms with Crippen molar-refractivity contribution in [2.45, 2.75) is 32.1 Å². The molecule has 0 unspecified atom stereocenters. The fraction of sp³-hybridized carbons (Fsp3) is 1.00. The van der Waals surface area contributed by atoms with Crippen LogP contribution in [-0.4, -0.2) is 81.2 Å². The molecule has 4 nitrogen and oxygen atoms in total. The molecule has 114 valence electrons. The molecule has 0 saturated carbocycles. The highest BCUT2D eigenvalue weighted by molar-refractivity contribution is 4.72. The largest absolute Gasteiger partial charge is 0.330 e. The van der Waals surface area contributed by atoms with Gasteiger partial charge in [-0.05, 0) is 40.0 Å². The van der Waals surface area contributed by atoms with Gasteiger partial charge in [-0.25, -0.2) is 0 Å². The Bertz CT molecular complexity index is 200. The summed E-state index contributed by atoms with van der Waals surface area (Å²) in [6.45, 7) is 9.58. The van der Waals surface area contributed by atoms with E-state index in [9.17, 15) is 0 Å². The van der Waals surface area contributed by atoms with E-state index in [1.54, 1.807) is 0 Å². The first-order valence-electron chi connectivity index (χ1n) is 8.02. The minimum absolute atomic E-state index is 0.856. The second-order valence-corrected chi connectivity index (χ2v) is 6.04. The predicted molar refractivity (Wildman–Crippen MR) is 83.6 cm³/mol. The summed E-state index contributed by atoms with van der Waals surface area (Å²) in [6.07, 6.45) is 6.61. The van der Waals surface area contributed by atoms with Crippen LogP contribution in [-0.2, 0) is 0 Å². The number of hydrogen-bond acceptors (Lipinski definition) is 4. The van der Waals surface area contributed by atoms with Gasteiger partial charge in [0.05, 0.1) is 0 Å². The molecular formula is C15H34N4. The number of rotatable bonds is 10. The van der Waals surface area contributed by atoms with E-state index in [1.165, 1.54) is 77.9 Å². The monoisotopic (exact) mass is 270 g/mol. The first-order chi connectivity index (χ1) is 9.22. The predicted octanol–water partition coefficient (Wildman–Crippen LogP) is 1.07. The quantitative estimate of drug-likeness (QED) is 0.603. The van der Waals surface area contributed by atoms with Gasteiger partial charge in [-0.15, -0.1) is 0 Å². The summed E-state index contributed by atoms with van der Waals surface area (Å²) in [5.41, 5.74) is 5.50. The molecule has 1 aliphatic heterocycles. The molecule has 1 fully saturated rings. The van der Waals surface area contributed by atoms with Gasteiger partial charge in [-0.3, -0.25) is 4.90 Å². The van der Waals surface area contributed by atoms with Gasteiger partial charge < -0.3 is 15.5 Å². The Balaban J connectivity index is 1.94. The molecule has 0 bridgehead atoms. The Hall–Kier alpha value is -0.160. The molecule has 0 aliphatic carbocycles. The zero-order valence-corrected chi connectivity index (χ0v) is 13.1. The summed E-state index contributed by atoms with van der Waals surface area (Å²) in [6, 6.07) is 0. The van der Waals surface area contributed by atoms with Crippen LogP contribution in [0.3, 0.4) is 0 Å². The maximum atomic E-state index is 5.50. The molecule has 1 aliphatic rings. The first kappa shape index (κ1) is 16.9. The number of hydrogen-bond donors (Lipinski definition) is 1. The van der Waals surface area contributed by atoms with Crippen molar-refractivity contribution in [3.8, 4) is 0 Å². The van der Waals surface area contributed by atoms with E-state index < -0.39 is 0 Å². The van der Waals surface area contributed by atoms with Gasteiger partial charge in [0, 0.05) is 39.3 Å². The van der Waals surface area contributed by atoms with E-state index >= 15 is 0 Å². The van der Waals surface area contributed by atoms with E-state index in [0.29, 0.717) is 0 Å². The van der Waals surface area contributed by atoms with Crippen LogP contribution in [0.4, 0.5) is 0 Å². The molecule has 0 amide bonds. The van der Waals surface area contributed by atoms with Crippen molar-refractivity contribution in [1.29, 1.82) is 0 Å². The van der Waals surface area contributed by atoms with E-state index in [1.807, 2.05) is 0 Å². The Morgan fingerprint density at radius 3 is 1.89 bits per heavy atom. The van der Waals surface area contributed by atoms with Crippen molar-refractivity contribution in [2.24, 2.45) is 5.73 Å². The minimum Gasteiger partial charge on any atom is -0.330 e. The van der Waals surface area contributed by atoms with Crippen LogP contribution in [0.15, 0.2) is 0 Å². The maximum absolute atomic E-state index is 5.50. The van der Waals surface area contributed by atoms with Gasteiger partial charge in [0.25, 0.3) is 0 Å². The fourth-order valence-corrected chi connectivity index (χ4v) is 2.59. The lowest BCUT2D eigenvalue weighted by Crippen LogP contribution is -2.48. The van der Waals surface area contributed by atoms with Gasteiger partial charge in [0.2, 0.25) is 0 Å². The van der Waals surface area contributed by atoms with Crippen molar-refractivity contribution >= 4 is 0 Å². The highest BCUT2D eigenvalue weighted by Gasteiger charge is 2.15. The second kappa shape index (κ2) is 10.6. The van der Waals surface area contributed by atoms with Crippen LogP contribution in [0.5, 0.6) is 0 Å². The van der Waals surface area contributed by atoms with Crippen LogP contribution < -0.4 is 5.73 Å². The molecular weight excluding hydrogens is 236 g/mol. The van der Waals surface area contributed by atoms with Crippen LogP contribution in [0.2, 0.25) is 0 Å². The van der Waals surface area contributed by atoms with Crippen LogP contribution in [0.1, 0.15) is 32.1 Å². The maximum Gasteiger partial charge on any atom is 0.0110 e. The zero-order valence-electron chi connectivity index (χ0n) is 13.1. The second-order valence-electron chi connectivity index (χ2n) is 6.04. The van der Waals surface area contributed by atoms with Crippen molar-refractivity contribution in [2.75, 3.05) is 66.5 Å². The minimum atomic E-state index is 0.856. The van der Waals surface area contributed by atoms with Crippen LogP contribution in [0.25, 0.3) is 0 Å². The lowest BCUT2D eigenvalue weighted by Gasteiger charge is -2.35. The molecule has 0 spiro atoms. The third-order valence-electron chi connectivity index (χ3n) is 4.01. The number of piperazine rings is 1. The number of likely N-dealkylation sites (N-methyl/N-ethyl adjacent to an activating group) is 1. The number of unbranched alkanes of at least 4 members (excludes halogenated alkanes) is 4. The molecule has 1 heterocycles. The van der Waals surface area contributed by atoms with Crippen LogP contribution in [0, 0.1) is 0 Å². The Morgan fingerprint density at radius 1 is 0.789 bits per heavy atom. The average Bonchev–Trinajstić information content (AvgIpc) is 2.41. The van der Waals surface area contributed by atoms with E-state index in [4.69, 9.17) is 5.73 Å². The lowest BCUT2D eigenvalue weighted by molar-refractivity contribution is 0.124. The Morgan fingerprint density at radius 2 is 1.32 bits per heavy atom. The normalized spacial score (nSPS) is 18.3. The zero-order chi connectivity index (χ0) is 13.9. The van der Waals surface area contributed by atoms with Gasteiger partial charge in [-0.1, -0.05) is 19.3 Å². The molecule has 1 rings (SSSR count). The molecule has 0 atom stereocenters. The summed E-state index contributed by atoms with van der Waals surface area (Å²) in [5.74, 6) is 0. The van der Waals surface area contributed by atoms with Gasteiger partial charge >= 0.3 is 0 Å². The van der Waals surface area contributed by atoms with Gasteiger partial charge in [0.15, 0.2) is 0 Å². The standard InChI is InChI=1S/C15H34N4/c1-17(2)10-11-19-14-12-18(13-15-19)9-7-5-3-4-6-8-16/h3-16H2,1-2H3. The van der Waals surface area contributed by atoms with Crippen molar-refractivity contribution in [3.05, 3.63) is 0 Å². The molecule has 0 aromatic rings.